The van der Waals surface area contributed by atoms with E-state index in [-0.39, 0.29) is 5.67 Å². The molecule has 0 aliphatic carbocycles. The summed E-state index contributed by atoms with van der Waals surface area (Å²) in [7, 11) is 3.37. The van der Waals surface area contributed by atoms with Gasteiger partial charge >= 0.3 is 17.5 Å². The molecule has 0 N–H and O–H groups in total. The lowest BCUT2D eigenvalue weighted by molar-refractivity contribution is 0.0771. The molecule has 0 aromatic rings. The van der Waals surface area contributed by atoms with Crippen molar-refractivity contribution in [3.63, 3.8) is 0 Å². The number of rotatable bonds is 8. The second kappa shape index (κ2) is 7.27. The van der Waals surface area contributed by atoms with Crippen LogP contribution in [0.2, 0.25) is 6.04 Å². The quantitative estimate of drug-likeness (QED) is 0.626. The highest BCUT2D eigenvalue weighted by molar-refractivity contribution is 6.69. The maximum Gasteiger partial charge on any atom is 0.517 e. The number of hydrogen-bond donors (Lipinski definition) is 0. The van der Waals surface area contributed by atoms with Crippen LogP contribution in [0.5, 0.6) is 0 Å². The van der Waals surface area contributed by atoms with E-state index in [9.17, 15) is 0 Å². The van der Waals surface area contributed by atoms with Crippen LogP contribution in [0.3, 0.4) is 0 Å². The van der Waals surface area contributed by atoms with E-state index in [1.54, 1.807) is 35.5 Å². The lowest BCUT2D eigenvalue weighted by atomic mass is 10.4. The summed E-state index contributed by atoms with van der Waals surface area (Å²) < 4.78 is 30.8. The Morgan fingerprint density at radius 3 is 1.95 bits per heavy atom. The predicted molar refractivity (Wildman–Crippen MR) is 76.8 cm³/mol. The zero-order chi connectivity index (χ0) is 14.5. The molecule has 1 aliphatic heterocycles. The van der Waals surface area contributed by atoms with Gasteiger partial charge in [0.15, 0.2) is 0 Å². The largest absolute Gasteiger partial charge is 0.517 e. The summed E-state index contributed by atoms with van der Waals surface area (Å²) in [6.07, 6.45) is 1.95. The molecule has 1 atom stereocenters. The highest BCUT2D eigenvalue weighted by atomic mass is 28.4. The third kappa shape index (κ3) is 2.95. The Hall–Kier alpha value is 0.194. The molecule has 1 unspecified atom stereocenters. The summed E-state index contributed by atoms with van der Waals surface area (Å²) in [6, 6.07) is 0.970. The van der Waals surface area contributed by atoms with E-state index >= 15 is 0 Å². The van der Waals surface area contributed by atoms with E-state index in [1.165, 1.54) is 0 Å². The Labute approximate surface area is 118 Å². The van der Waals surface area contributed by atoms with E-state index in [0.717, 1.165) is 25.4 Å². The first-order chi connectivity index (χ1) is 9.09. The fourth-order valence-electron chi connectivity index (χ4n) is 3.02. The van der Waals surface area contributed by atoms with Crippen LogP contribution < -0.4 is 0 Å². The minimum atomic E-state index is -2.73. The Balaban J connectivity index is 3.07. The van der Waals surface area contributed by atoms with Crippen molar-refractivity contribution in [2.24, 2.45) is 0 Å². The van der Waals surface area contributed by atoms with Gasteiger partial charge in [-0.2, -0.15) is 0 Å². The van der Waals surface area contributed by atoms with Crippen LogP contribution in [0.25, 0.3) is 0 Å². The summed E-state index contributed by atoms with van der Waals surface area (Å²) in [5.41, 5.74) is 0.0709. The molecular formula is C11H27NO5Si2. The van der Waals surface area contributed by atoms with Gasteiger partial charge in [-0.3, -0.25) is 4.57 Å². The summed E-state index contributed by atoms with van der Waals surface area (Å²) in [5.74, 6) is 0. The normalized spacial score (nSPS) is 21.8. The minimum Gasteiger partial charge on any atom is -0.386 e. The van der Waals surface area contributed by atoms with Crippen LogP contribution in [0, 0.1) is 0 Å². The first-order valence-corrected chi connectivity index (χ1v) is 10.4. The summed E-state index contributed by atoms with van der Waals surface area (Å²) >= 11 is 0. The van der Waals surface area contributed by atoms with Crippen molar-refractivity contribution in [3.05, 3.63) is 0 Å². The summed E-state index contributed by atoms with van der Waals surface area (Å²) in [4.78, 5) is 0. The molecule has 0 amide bonds. The second-order valence-electron chi connectivity index (χ2n) is 4.56. The molecule has 0 aromatic heterocycles. The number of hydrogen-bond acceptors (Lipinski definition) is 6. The molecule has 1 saturated heterocycles. The molecule has 1 heterocycles. The molecule has 0 aromatic carbocycles. The topological polar surface area (TPSA) is 49.4 Å². The van der Waals surface area contributed by atoms with Crippen LogP contribution in [-0.2, 0) is 22.1 Å². The zero-order valence-electron chi connectivity index (χ0n) is 12.9. The lowest BCUT2D eigenvalue weighted by Crippen LogP contribution is -2.68. The average molecular weight is 310 g/mol. The van der Waals surface area contributed by atoms with Crippen molar-refractivity contribution in [1.29, 1.82) is 0 Å². The Bertz CT molecular complexity index is 266. The molecule has 0 radical (unpaired) electrons. The predicted octanol–water partition coefficient (Wildman–Crippen LogP) is 1.12. The van der Waals surface area contributed by atoms with Crippen LogP contribution >= 0.6 is 0 Å². The van der Waals surface area contributed by atoms with E-state index in [4.69, 9.17) is 22.1 Å². The Morgan fingerprint density at radius 1 is 1.05 bits per heavy atom. The highest BCUT2D eigenvalue weighted by Gasteiger charge is 2.59. The molecule has 1 rings (SSSR count). The highest BCUT2D eigenvalue weighted by Crippen LogP contribution is 2.34. The third-order valence-electron chi connectivity index (χ3n) is 3.99. The molecule has 1 aliphatic rings. The summed E-state index contributed by atoms with van der Waals surface area (Å²) in [5, 5.41) is 0. The van der Waals surface area contributed by atoms with Gasteiger partial charge in [0.2, 0.25) is 0 Å². The minimum absolute atomic E-state index is 0.0709. The smallest absolute Gasteiger partial charge is 0.386 e. The van der Waals surface area contributed by atoms with Gasteiger partial charge in [0.05, 0.1) is 5.67 Å². The lowest BCUT2D eigenvalue weighted by Gasteiger charge is -2.42. The van der Waals surface area contributed by atoms with Crippen LogP contribution in [-0.4, -0.2) is 69.9 Å². The molecule has 114 valence electrons. The Morgan fingerprint density at radius 2 is 1.58 bits per heavy atom. The number of nitrogens with zero attached hydrogens (tertiary/aromatic N) is 1. The maximum atomic E-state index is 5.77. The van der Waals surface area contributed by atoms with Crippen LogP contribution in [0.1, 0.15) is 19.8 Å². The summed E-state index contributed by atoms with van der Waals surface area (Å²) in [6.45, 7) is 3.06. The van der Waals surface area contributed by atoms with Gasteiger partial charge in [-0.1, -0.05) is 6.92 Å². The molecular weight excluding hydrogens is 282 g/mol. The first-order valence-electron chi connectivity index (χ1n) is 6.62. The van der Waals surface area contributed by atoms with Crippen molar-refractivity contribution in [2.45, 2.75) is 31.5 Å². The van der Waals surface area contributed by atoms with E-state index in [1.807, 2.05) is 0 Å². The molecule has 19 heavy (non-hydrogen) atoms. The first kappa shape index (κ1) is 17.2. The van der Waals surface area contributed by atoms with Crippen molar-refractivity contribution < 1.29 is 22.1 Å². The van der Waals surface area contributed by atoms with Gasteiger partial charge in [0, 0.05) is 41.6 Å². The van der Waals surface area contributed by atoms with Gasteiger partial charge < -0.3 is 22.1 Å². The standard InChI is InChI=1S/C11H27NO5Si2/c1-7-11(19(15-4,16-5)17-6)12-9-8-10-18(12,13-2)14-3/h11H,7-10H2,1-6H3. The molecule has 0 bridgehead atoms. The van der Waals surface area contributed by atoms with Crippen LogP contribution in [0.4, 0.5) is 0 Å². The van der Waals surface area contributed by atoms with Gasteiger partial charge in [0.1, 0.15) is 0 Å². The van der Waals surface area contributed by atoms with Crippen molar-refractivity contribution >= 4 is 17.5 Å². The second-order valence-corrected chi connectivity index (χ2v) is 11.0. The van der Waals surface area contributed by atoms with Gasteiger partial charge in [-0.05, 0) is 19.4 Å². The van der Waals surface area contributed by atoms with E-state index in [2.05, 4.69) is 11.5 Å². The van der Waals surface area contributed by atoms with Crippen LogP contribution in [0.15, 0.2) is 0 Å². The van der Waals surface area contributed by atoms with Crippen molar-refractivity contribution in [3.8, 4) is 0 Å². The fourth-order valence-corrected chi connectivity index (χ4v) is 9.51. The maximum absolute atomic E-state index is 5.77. The van der Waals surface area contributed by atoms with Crippen molar-refractivity contribution in [2.75, 3.05) is 42.1 Å². The Kier molecular flexibility index (Phi) is 6.60. The third-order valence-corrected chi connectivity index (χ3v) is 11.2. The van der Waals surface area contributed by atoms with E-state index in [0.29, 0.717) is 0 Å². The zero-order valence-corrected chi connectivity index (χ0v) is 14.9. The van der Waals surface area contributed by atoms with Gasteiger partial charge in [-0.15, -0.1) is 0 Å². The van der Waals surface area contributed by atoms with E-state index < -0.39 is 17.5 Å². The van der Waals surface area contributed by atoms with Gasteiger partial charge in [-0.25, -0.2) is 0 Å². The van der Waals surface area contributed by atoms with Gasteiger partial charge in [0.25, 0.3) is 0 Å². The molecule has 0 spiro atoms. The SMILES string of the molecule is CCC(N1CCC[Si]1(OC)OC)[Si](OC)(OC)OC. The fraction of sp³-hybridized carbons (Fsp3) is 1.00. The molecule has 8 heteroatoms. The van der Waals surface area contributed by atoms with Crippen molar-refractivity contribution in [1.82, 2.24) is 4.57 Å². The average Bonchev–Trinajstić information content (AvgIpc) is 2.89. The molecule has 1 fully saturated rings. The monoisotopic (exact) mass is 309 g/mol. The molecule has 0 saturated carbocycles. The molecule has 6 nitrogen and oxygen atoms in total.